The van der Waals surface area contributed by atoms with E-state index in [-0.39, 0.29) is 0 Å². The van der Waals surface area contributed by atoms with E-state index in [1.165, 1.54) is 0 Å². The standard InChI is InChI=1S/C19H20Cl2N2OS/c1-3-16-12-25-19(22-15-6-8-17(24-2)9-7-15)23(16)11-13-4-5-14(20)10-18(13)21/h4-10,16H,3,11-12H2,1-2H3/t16-/m0/s1. The van der Waals surface area contributed by atoms with Gasteiger partial charge in [-0.25, -0.2) is 4.99 Å². The minimum absolute atomic E-state index is 0.453. The third-order valence-corrected chi connectivity index (χ3v) is 5.94. The topological polar surface area (TPSA) is 24.8 Å². The zero-order chi connectivity index (χ0) is 17.8. The predicted molar refractivity (Wildman–Crippen MR) is 109 cm³/mol. The van der Waals surface area contributed by atoms with Crippen molar-refractivity contribution in [1.82, 2.24) is 4.90 Å². The number of nitrogens with zero attached hydrogens (tertiary/aromatic N) is 2. The van der Waals surface area contributed by atoms with Crippen molar-refractivity contribution in [2.24, 2.45) is 4.99 Å². The molecule has 0 bridgehead atoms. The average Bonchev–Trinajstić information content (AvgIpc) is 2.99. The van der Waals surface area contributed by atoms with E-state index in [0.717, 1.165) is 40.9 Å². The van der Waals surface area contributed by atoms with Crippen molar-refractivity contribution in [2.75, 3.05) is 12.9 Å². The van der Waals surface area contributed by atoms with Crippen LogP contribution in [0.4, 0.5) is 5.69 Å². The summed E-state index contributed by atoms with van der Waals surface area (Å²) in [6.45, 7) is 2.94. The van der Waals surface area contributed by atoms with Gasteiger partial charge < -0.3 is 9.64 Å². The van der Waals surface area contributed by atoms with Crippen LogP contribution in [0.2, 0.25) is 10.0 Å². The zero-order valence-electron chi connectivity index (χ0n) is 14.2. The van der Waals surface area contributed by atoms with Gasteiger partial charge in [-0.05, 0) is 48.4 Å². The van der Waals surface area contributed by atoms with Crippen molar-refractivity contribution in [3.8, 4) is 5.75 Å². The maximum absolute atomic E-state index is 6.37. The van der Waals surface area contributed by atoms with Crippen LogP contribution in [0.5, 0.6) is 5.75 Å². The quantitative estimate of drug-likeness (QED) is 0.619. The van der Waals surface area contributed by atoms with Crippen LogP contribution in [0, 0.1) is 0 Å². The molecule has 1 aliphatic heterocycles. The molecule has 0 N–H and O–H groups in total. The molecular weight excluding hydrogens is 375 g/mol. The molecule has 25 heavy (non-hydrogen) atoms. The van der Waals surface area contributed by atoms with Gasteiger partial charge in [0.2, 0.25) is 0 Å². The van der Waals surface area contributed by atoms with E-state index in [1.54, 1.807) is 24.9 Å². The van der Waals surface area contributed by atoms with Gasteiger partial charge in [0.05, 0.1) is 12.8 Å². The summed E-state index contributed by atoms with van der Waals surface area (Å²) in [6.07, 6.45) is 1.07. The lowest BCUT2D eigenvalue weighted by Gasteiger charge is -2.25. The largest absolute Gasteiger partial charge is 0.497 e. The van der Waals surface area contributed by atoms with Gasteiger partial charge in [-0.3, -0.25) is 0 Å². The molecule has 0 saturated carbocycles. The van der Waals surface area contributed by atoms with Crippen molar-refractivity contribution in [2.45, 2.75) is 25.9 Å². The molecule has 0 unspecified atom stereocenters. The molecule has 2 aromatic rings. The Morgan fingerprint density at radius 3 is 2.60 bits per heavy atom. The van der Waals surface area contributed by atoms with Crippen LogP contribution in [-0.2, 0) is 6.54 Å². The number of halogens is 2. The van der Waals surface area contributed by atoms with Crippen molar-refractivity contribution in [1.29, 1.82) is 0 Å². The van der Waals surface area contributed by atoms with Gasteiger partial charge in [-0.2, -0.15) is 0 Å². The summed E-state index contributed by atoms with van der Waals surface area (Å²) in [5, 5.41) is 2.38. The summed E-state index contributed by atoms with van der Waals surface area (Å²) in [5.41, 5.74) is 1.99. The third-order valence-electron chi connectivity index (χ3n) is 4.22. The Labute approximate surface area is 163 Å². The fourth-order valence-electron chi connectivity index (χ4n) is 2.73. The maximum atomic E-state index is 6.37. The lowest BCUT2D eigenvalue weighted by atomic mass is 10.1. The number of ether oxygens (including phenoxy) is 1. The maximum Gasteiger partial charge on any atom is 0.165 e. The summed E-state index contributed by atoms with van der Waals surface area (Å²) in [4.78, 5) is 7.17. The molecule has 0 spiro atoms. The monoisotopic (exact) mass is 394 g/mol. The van der Waals surface area contributed by atoms with Gasteiger partial charge in [0.15, 0.2) is 5.17 Å². The second kappa shape index (κ2) is 8.35. The van der Waals surface area contributed by atoms with E-state index in [2.05, 4.69) is 11.8 Å². The molecule has 1 aliphatic rings. The summed E-state index contributed by atoms with van der Waals surface area (Å²) in [7, 11) is 1.66. The molecule has 1 atom stereocenters. The number of rotatable bonds is 5. The Balaban J connectivity index is 1.85. The summed E-state index contributed by atoms with van der Waals surface area (Å²) in [6, 6.07) is 13.9. The minimum Gasteiger partial charge on any atom is -0.497 e. The van der Waals surface area contributed by atoms with E-state index in [0.29, 0.717) is 16.1 Å². The molecule has 6 heteroatoms. The predicted octanol–water partition coefficient (Wildman–Crippen LogP) is 6.02. The lowest BCUT2D eigenvalue weighted by molar-refractivity contribution is 0.335. The Kier molecular flexibility index (Phi) is 6.15. The molecule has 3 rings (SSSR count). The first-order valence-corrected chi connectivity index (χ1v) is 9.91. The molecule has 1 fully saturated rings. The molecule has 3 nitrogen and oxygen atoms in total. The van der Waals surface area contributed by atoms with Crippen molar-refractivity contribution < 1.29 is 4.74 Å². The number of aliphatic imine (C=N–C) groups is 1. The van der Waals surface area contributed by atoms with Crippen LogP contribution in [-0.4, -0.2) is 29.0 Å². The fraction of sp³-hybridized carbons (Fsp3) is 0.316. The number of hydrogen-bond acceptors (Lipinski definition) is 3. The first-order valence-electron chi connectivity index (χ1n) is 8.16. The number of hydrogen-bond donors (Lipinski definition) is 0. The number of amidine groups is 1. The van der Waals surface area contributed by atoms with Crippen LogP contribution >= 0.6 is 35.0 Å². The molecule has 1 heterocycles. The van der Waals surface area contributed by atoms with E-state index < -0.39 is 0 Å². The third kappa shape index (κ3) is 4.43. The molecule has 0 radical (unpaired) electrons. The first-order chi connectivity index (χ1) is 12.1. The smallest absolute Gasteiger partial charge is 0.165 e. The molecular formula is C19H20Cl2N2OS. The van der Waals surface area contributed by atoms with Gasteiger partial charge in [-0.1, -0.05) is 48.0 Å². The normalized spacial score (nSPS) is 18.8. The molecule has 0 aromatic heterocycles. The van der Waals surface area contributed by atoms with Gasteiger partial charge >= 0.3 is 0 Å². The highest BCUT2D eigenvalue weighted by atomic mass is 35.5. The number of benzene rings is 2. The minimum atomic E-state index is 0.453. The van der Waals surface area contributed by atoms with E-state index in [4.69, 9.17) is 32.9 Å². The summed E-state index contributed by atoms with van der Waals surface area (Å²) < 4.78 is 5.21. The highest BCUT2D eigenvalue weighted by Crippen LogP contribution is 2.32. The summed E-state index contributed by atoms with van der Waals surface area (Å²) in [5.74, 6) is 1.87. The highest BCUT2D eigenvalue weighted by molar-refractivity contribution is 8.14. The van der Waals surface area contributed by atoms with Crippen LogP contribution in [0.15, 0.2) is 47.5 Å². The highest BCUT2D eigenvalue weighted by Gasteiger charge is 2.29. The first kappa shape index (κ1) is 18.4. The second-order valence-electron chi connectivity index (χ2n) is 5.83. The van der Waals surface area contributed by atoms with Gasteiger partial charge in [0.1, 0.15) is 5.75 Å². The van der Waals surface area contributed by atoms with Crippen molar-refractivity contribution in [3.63, 3.8) is 0 Å². The Hall–Kier alpha value is -1.36. The molecule has 0 aliphatic carbocycles. The van der Waals surface area contributed by atoms with Crippen LogP contribution in [0.3, 0.4) is 0 Å². The fourth-order valence-corrected chi connectivity index (χ4v) is 4.51. The van der Waals surface area contributed by atoms with Gasteiger partial charge in [-0.15, -0.1) is 0 Å². The Morgan fingerprint density at radius 2 is 1.96 bits per heavy atom. The van der Waals surface area contributed by atoms with Crippen molar-refractivity contribution in [3.05, 3.63) is 58.1 Å². The molecule has 2 aromatic carbocycles. The van der Waals surface area contributed by atoms with E-state index in [1.807, 2.05) is 36.4 Å². The van der Waals surface area contributed by atoms with E-state index in [9.17, 15) is 0 Å². The number of thioether (sulfide) groups is 1. The van der Waals surface area contributed by atoms with Gasteiger partial charge in [0, 0.05) is 28.4 Å². The van der Waals surface area contributed by atoms with Crippen molar-refractivity contribution >= 4 is 45.8 Å². The molecule has 132 valence electrons. The Bertz CT molecular complexity index is 765. The van der Waals surface area contributed by atoms with Crippen LogP contribution in [0.1, 0.15) is 18.9 Å². The Morgan fingerprint density at radius 1 is 1.20 bits per heavy atom. The summed E-state index contributed by atoms with van der Waals surface area (Å²) >= 11 is 14.2. The molecule has 0 amide bonds. The SMILES string of the molecule is CC[C@H]1CSC(=Nc2ccc(OC)cc2)N1Cc1ccc(Cl)cc1Cl. The number of methoxy groups -OCH3 is 1. The lowest BCUT2D eigenvalue weighted by Crippen LogP contribution is -2.32. The zero-order valence-corrected chi connectivity index (χ0v) is 16.5. The molecule has 1 saturated heterocycles. The van der Waals surface area contributed by atoms with Crippen LogP contribution < -0.4 is 4.74 Å². The second-order valence-corrected chi connectivity index (χ2v) is 7.66. The van der Waals surface area contributed by atoms with E-state index >= 15 is 0 Å². The average molecular weight is 395 g/mol. The van der Waals surface area contributed by atoms with Crippen LogP contribution in [0.25, 0.3) is 0 Å². The van der Waals surface area contributed by atoms with Gasteiger partial charge in [0.25, 0.3) is 0 Å².